The maximum absolute atomic E-state index is 4.82. The zero-order valence-corrected chi connectivity index (χ0v) is 10.8. The zero-order valence-electron chi connectivity index (χ0n) is 10.8. The Hall–Kier alpha value is -0.830. The topological polar surface area (TPSA) is 40.7 Å². The molecule has 0 saturated heterocycles. The molecule has 1 aromatic heterocycles. The number of imidazole rings is 1. The van der Waals surface area contributed by atoms with E-state index in [-0.39, 0.29) is 0 Å². The number of nitrogens with zero attached hydrogens (tertiary/aromatic N) is 1. The van der Waals surface area contributed by atoms with Crippen LogP contribution in [0.1, 0.15) is 68.1 Å². The second-order valence-electron chi connectivity index (χ2n) is 5.68. The monoisotopic (exact) mass is 233 g/mol. The molecule has 0 spiro atoms. The maximum atomic E-state index is 4.82. The fraction of sp³-hybridized carbons (Fsp3) is 0.786. The molecule has 94 valence electrons. The van der Waals surface area contributed by atoms with Crippen LogP contribution in [0.15, 0.2) is 0 Å². The molecule has 1 heterocycles. The van der Waals surface area contributed by atoms with Crippen molar-refractivity contribution in [3.63, 3.8) is 0 Å². The summed E-state index contributed by atoms with van der Waals surface area (Å²) in [6.45, 7) is 3.09. The minimum atomic E-state index is 0.717. The van der Waals surface area contributed by atoms with E-state index in [1.54, 1.807) is 0 Å². The quantitative estimate of drug-likeness (QED) is 0.839. The van der Waals surface area contributed by atoms with E-state index in [0.29, 0.717) is 0 Å². The summed E-state index contributed by atoms with van der Waals surface area (Å²) in [4.78, 5) is 8.27. The molecule has 0 aliphatic heterocycles. The molecule has 2 aliphatic carbocycles. The van der Waals surface area contributed by atoms with Crippen molar-refractivity contribution in [3.05, 3.63) is 17.2 Å². The van der Waals surface area contributed by atoms with Gasteiger partial charge in [-0.3, -0.25) is 0 Å². The highest BCUT2D eigenvalue weighted by Crippen LogP contribution is 2.33. The first-order chi connectivity index (χ1) is 8.33. The van der Waals surface area contributed by atoms with E-state index in [2.05, 4.69) is 17.2 Å². The third-order valence-electron chi connectivity index (χ3n) is 4.10. The smallest absolute Gasteiger partial charge is 0.120 e. The molecule has 0 radical (unpaired) electrons. The molecule has 3 nitrogen and oxygen atoms in total. The Morgan fingerprint density at radius 1 is 1.18 bits per heavy atom. The van der Waals surface area contributed by atoms with Crippen molar-refractivity contribution in [1.29, 1.82) is 0 Å². The molecule has 3 heteroatoms. The van der Waals surface area contributed by atoms with Gasteiger partial charge in [-0.15, -0.1) is 0 Å². The molecular formula is C14H23N3. The van der Waals surface area contributed by atoms with Gasteiger partial charge in [0.15, 0.2) is 0 Å². The molecule has 0 amide bonds. The van der Waals surface area contributed by atoms with Gasteiger partial charge in [0.25, 0.3) is 0 Å². The van der Waals surface area contributed by atoms with Gasteiger partial charge < -0.3 is 10.3 Å². The van der Waals surface area contributed by atoms with Gasteiger partial charge in [0.1, 0.15) is 5.82 Å². The van der Waals surface area contributed by atoms with Crippen molar-refractivity contribution in [1.82, 2.24) is 15.3 Å². The van der Waals surface area contributed by atoms with E-state index in [4.69, 9.17) is 4.98 Å². The lowest BCUT2D eigenvalue weighted by Crippen LogP contribution is -2.16. The largest absolute Gasteiger partial charge is 0.345 e. The third kappa shape index (κ3) is 2.71. The molecule has 2 aliphatic rings. The minimum Gasteiger partial charge on any atom is -0.345 e. The molecule has 2 N–H and O–H groups in total. The Kier molecular flexibility index (Phi) is 3.19. The van der Waals surface area contributed by atoms with E-state index < -0.39 is 0 Å². The first-order valence-corrected chi connectivity index (χ1v) is 7.11. The number of aryl methyl sites for hydroxylation is 1. The van der Waals surface area contributed by atoms with Crippen LogP contribution in [0.5, 0.6) is 0 Å². The van der Waals surface area contributed by atoms with Crippen molar-refractivity contribution in [2.75, 3.05) is 0 Å². The summed E-state index contributed by atoms with van der Waals surface area (Å²) < 4.78 is 0. The van der Waals surface area contributed by atoms with Crippen LogP contribution >= 0.6 is 0 Å². The highest BCUT2D eigenvalue weighted by Gasteiger charge is 2.23. The summed E-state index contributed by atoms with van der Waals surface area (Å²) in [5.74, 6) is 1.85. The summed E-state index contributed by atoms with van der Waals surface area (Å²) in [6.07, 6.45) is 9.53. The first kappa shape index (κ1) is 11.3. The van der Waals surface area contributed by atoms with Gasteiger partial charge >= 0.3 is 0 Å². The van der Waals surface area contributed by atoms with Crippen LogP contribution in [0, 0.1) is 6.92 Å². The van der Waals surface area contributed by atoms with E-state index in [1.165, 1.54) is 56.3 Å². The van der Waals surface area contributed by atoms with Crippen molar-refractivity contribution < 1.29 is 0 Å². The van der Waals surface area contributed by atoms with Crippen molar-refractivity contribution in [2.45, 2.75) is 70.4 Å². The van der Waals surface area contributed by atoms with Gasteiger partial charge in [-0.25, -0.2) is 4.98 Å². The second kappa shape index (κ2) is 4.81. The van der Waals surface area contributed by atoms with Crippen LogP contribution in [-0.4, -0.2) is 16.0 Å². The standard InChI is InChI=1S/C14H23N3/c1-10-14(11-5-3-2-4-6-11)17-13(16-10)9-15-12-7-8-12/h11-12,15H,2-9H2,1H3,(H,16,17). The van der Waals surface area contributed by atoms with Gasteiger partial charge in [0.2, 0.25) is 0 Å². The number of aromatic amines is 1. The average molecular weight is 233 g/mol. The lowest BCUT2D eigenvalue weighted by Gasteiger charge is -2.20. The maximum Gasteiger partial charge on any atom is 0.120 e. The number of aromatic nitrogens is 2. The van der Waals surface area contributed by atoms with E-state index >= 15 is 0 Å². The molecular weight excluding hydrogens is 210 g/mol. The lowest BCUT2D eigenvalue weighted by molar-refractivity contribution is 0.436. The number of hydrogen-bond donors (Lipinski definition) is 2. The van der Waals surface area contributed by atoms with Crippen LogP contribution < -0.4 is 5.32 Å². The molecule has 2 saturated carbocycles. The van der Waals surface area contributed by atoms with Crippen LogP contribution in [0.2, 0.25) is 0 Å². The van der Waals surface area contributed by atoms with Crippen molar-refractivity contribution in [2.24, 2.45) is 0 Å². The summed E-state index contributed by atoms with van der Waals surface area (Å²) in [6, 6.07) is 0.763. The van der Waals surface area contributed by atoms with Crippen LogP contribution in [-0.2, 0) is 6.54 Å². The summed E-state index contributed by atoms with van der Waals surface area (Å²) in [5.41, 5.74) is 2.64. The van der Waals surface area contributed by atoms with Gasteiger partial charge in [0.05, 0.1) is 12.2 Å². The predicted molar refractivity (Wildman–Crippen MR) is 69.0 cm³/mol. The van der Waals surface area contributed by atoms with Crippen LogP contribution in [0.25, 0.3) is 0 Å². The molecule has 3 rings (SSSR count). The molecule has 0 bridgehead atoms. The minimum absolute atomic E-state index is 0.717. The molecule has 0 atom stereocenters. The highest BCUT2D eigenvalue weighted by atomic mass is 15.0. The Morgan fingerprint density at radius 3 is 2.65 bits per heavy atom. The van der Waals surface area contributed by atoms with E-state index in [1.807, 2.05) is 0 Å². The molecule has 17 heavy (non-hydrogen) atoms. The summed E-state index contributed by atoms with van der Waals surface area (Å²) in [5, 5.41) is 3.52. The van der Waals surface area contributed by atoms with Gasteiger partial charge in [-0.2, -0.15) is 0 Å². The number of H-pyrrole nitrogens is 1. The fourth-order valence-electron chi connectivity index (χ4n) is 2.92. The number of nitrogens with one attached hydrogen (secondary N) is 2. The molecule has 1 aromatic rings. The molecule has 2 fully saturated rings. The van der Waals surface area contributed by atoms with Gasteiger partial charge in [0, 0.05) is 17.7 Å². The van der Waals surface area contributed by atoms with E-state index in [9.17, 15) is 0 Å². The lowest BCUT2D eigenvalue weighted by atomic mass is 9.86. The Labute approximate surface area is 103 Å². The third-order valence-corrected chi connectivity index (χ3v) is 4.10. The fourth-order valence-corrected chi connectivity index (χ4v) is 2.92. The SMILES string of the molecule is Cc1[nH]c(CNC2CC2)nc1C1CCCCC1. The Morgan fingerprint density at radius 2 is 1.94 bits per heavy atom. The molecule has 0 unspecified atom stereocenters. The van der Waals surface area contributed by atoms with Gasteiger partial charge in [-0.05, 0) is 32.6 Å². The van der Waals surface area contributed by atoms with Crippen LogP contribution in [0.4, 0.5) is 0 Å². The molecule has 0 aromatic carbocycles. The highest BCUT2D eigenvalue weighted by molar-refractivity contribution is 5.18. The van der Waals surface area contributed by atoms with Crippen molar-refractivity contribution in [3.8, 4) is 0 Å². The van der Waals surface area contributed by atoms with Gasteiger partial charge in [-0.1, -0.05) is 19.3 Å². The second-order valence-corrected chi connectivity index (χ2v) is 5.68. The average Bonchev–Trinajstić information content (AvgIpc) is 3.11. The Bertz CT molecular complexity index is 373. The van der Waals surface area contributed by atoms with Crippen molar-refractivity contribution >= 4 is 0 Å². The van der Waals surface area contributed by atoms with Crippen LogP contribution in [0.3, 0.4) is 0 Å². The normalized spacial score (nSPS) is 21.9. The number of rotatable bonds is 4. The summed E-state index contributed by atoms with van der Waals surface area (Å²) >= 11 is 0. The summed E-state index contributed by atoms with van der Waals surface area (Å²) in [7, 11) is 0. The zero-order chi connectivity index (χ0) is 11.7. The number of hydrogen-bond acceptors (Lipinski definition) is 2. The predicted octanol–water partition coefficient (Wildman–Crippen LogP) is 3.02. The Balaban J connectivity index is 1.65. The first-order valence-electron chi connectivity index (χ1n) is 7.11. The van der Waals surface area contributed by atoms with E-state index in [0.717, 1.165) is 24.3 Å².